The number of carbonyl (C=O) groups is 3. The second-order valence-electron chi connectivity index (χ2n) is 7.83. The van der Waals surface area contributed by atoms with Crippen LogP contribution in [-0.2, 0) is 27.2 Å². The Hall–Kier alpha value is -3.11. The third kappa shape index (κ3) is 5.45. The van der Waals surface area contributed by atoms with E-state index < -0.39 is 17.8 Å². The van der Waals surface area contributed by atoms with Gasteiger partial charge in [-0.25, -0.2) is 4.79 Å². The highest BCUT2D eigenvalue weighted by molar-refractivity contribution is 8.24. The third-order valence-electron chi connectivity index (χ3n) is 5.51. The Morgan fingerprint density at radius 3 is 2.18 bits per heavy atom. The smallest absolute Gasteiger partial charge is 0.409 e. The molecular weight excluding hydrogens is 464 g/mol. The molecule has 2 heterocycles. The van der Waals surface area contributed by atoms with E-state index in [2.05, 4.69) is 0 Å². The zero-order valence-electron chi connectivity index (χ0n) is 17.8. The molecule has 1 N–H and O–H groups in total. The number of hydrogen-bond acceptors (Lipinski definition) is 7. The lowest BCUT2D eigenvalue weighted by atomic mass is 10.1. The summed E-state index contributed by atoms with van der Waals surface area (Å²) in [7, 11) is 1.74. The molecule has 2 amide bonds. The molecule has 10 heteroatoms. The van der Waals surface area contributed by atoms with Crippen molar-refractivity contribution in [2.45, 2.75) is 24.1 Å². The molecule has 0 aliphatic carbocycles. The summed E-state index contributed by atoms with van der Waals surface area (Å²) in [4.78, 5) is 37.6. The summed E-state index contributed by atoms with van der Waals surface area (Å²) in [6.07, 6.45) is 0.874. The minimum Gasteiger partial charge on any atom is -0.480 e. The number of likely N-dealkylation sites (N-methyl/N-ethyl adjacent to an activating group) is 1. The van der Waals surface area contributed by atoms with Crippen molar-refractivity contribution in [3.05, 3.63) is 59.7 Å². The van der Waals surface area contributed by atoms with Crippen LogP contribution in [0.25, 0.3) is 0 Å². The lowest BCUT2D eigenvalue weighted by molar-refractivity contribution is -0.141. The lowest BCUT2D eigenvalue weighted by Gasteiger charge is -2.16. The average molecular weight is 487 g/mol. The van der Waals surface area contributed by atoms with E-state index in [0.717, 1.165) is 16.0 Å². The van der Waals surface area contributed by atoms with Crippen LogP contribution in [-0.4, -0.2) is 68.7 Å². The largest absolute Gasteiger partial charge is 0.480 e. The van der Waals surface area contributed by atoms with Gasteiger partial charge in [0, 0.05) is 7.05 Å². The van der Waals surface area contributed by atoms with E-state index in [0.29, 0.717) is 35.3 Å². The van der Waals surface area contributed by atoms with Crippen LogP contribution in [0.5, 0.6) is 11.5 Å². The van der Waals surface area contributed by atoms with Crippen LogP contribution in [0.1, 0.15) is 11.1 Å². The SMILES string of the molecule is CN1C(=O)OCC1Cc1ccc(Oc2ccc(CC3SC(=S)N(CC(=O)O)C3=O)cc2)cc1. The average Bonchev–Trinajstić information content (AvgIpc) is 3.24. The third-order valence-corrected chi connectivity index (χ3v) is 7.09. The van der Waals surface area contributed by atoms with Gasteiger partial charge in [0.2, 0.25) is 5.91 Å². The van der Waals surface area contributed by atoms with Crippen LogP contribution in [0, 0.1) is 0 Å². The molecule has 2 saturated heterocycles. The molecule has 2 unspecified atom stereocenters. The Labute approximate surface area is 200 Å². The van der Waals surface area contributed by atoms with E-state index >= 15 is 0 Å². The molecule has 2 aromatic rings. The van der Waals surface area contributed by atoms with E-state index in [1.54, 1.807) is 11.9 Å². The van der Waals surface area contributed by atoms with Gasteiger partial charge >= 0.3 is 12.1 Å². The summed E-state index contributed by atoms with van der Waals surface area (Å²) in [5.74, 6) is -0.00624. The van der Waals surface area contributed by atoms with Crippen LogP contribution in [0.2, 0.25) is 0 Å². The first-order chi connectivity index (χ1) is 15.8. The second-order valence-corrected chi connectivity index (χ2v) is 9.67. The molecule has 172 valence electrons. The Morgan fingerprint density at radius 1 is 1.09 bits per heavy atom. The Morgan fingerprint density at radius 2 is 1.67 bits per heavy atom. The number of nitrogens with zero attached hydrogens (tertiary/aromatic N) is 2. The van der Waals surface area contributed by atoms with Gasteiger partial charge in [0.25, 0.3) is 0 Å². The maximum atomic E-state index is 12.4. The molecule has 8 nitrogen and oxygen atoms in total. The highest BCUT2D eigenvalue weighted by atomic mass is 32.2. The van der Waals surface area contributed by atoms with Crippen LogP contribution in [0.4, 0.5) is 4.79 Å². The number of carbonyl (C=O) groups excluding carboxylic acids is 2. The van der Waals surface area contributed by atoms with Gasteiger partial charge in [-0.05, 0) is 48.2 Å². The van der Waals surface area contributed by atoms with Crippen LogP contribution >= 0.6 is 24.0 Å². The molecule has 0 saturated carbocycles. The maximum absolute atomic E-state index is 12.4. The van der Waals surface area contributed by atoms with Gasteiger partial charge in [-0.15, -0.1) is 0 Å². The minimum absolute atomic E-state index is 0.0345. The monoisotopic (exact) mass is 486 g/mol. The zero-order valence-corrected chi connectivity index (χ0v) is 19.4. The first-order valence-electron chi connectivity index (χ1n) is 10.3. The van der Waals surface area contributed by atoms with Gasteiger partial charge in [-0.1, -0.05) is 48.2 Å². The number of ether oxygens (including phenoxy) is 2. The predicted molar refractivity (Wildman–Crippen MR) is 127 cm³/mol. The maximum Gasteiger partial charge on any atom is 0.409 e. The fourth-order valence-electron chi connectivity index (χ4n) is 3.64. The quantitative estimate of drug-likeness (QED) is 0.568. The molecule has 33 heavy (non-hydrogen) atoms. The molecule has 2 atom stereocenters. The van der Waals surface area contributed by atoms with E-state index in [1.807, 2.05) is 48.5 Å². The molecule has 0 radical (unpaired) electrons. The number of hydrogen-bond donors (Lipinski definition) is 1. The van der Waals surface area contributed by atoms with Crippen molar-refractivity contribution in [1.82, 2.24) is 9.80 Å². The number of rotatable bonds is 8. The molecule has 2 fully saturated rings. The minimum atomic E-state index is -1.09. The van der Waals surface area contributed by atoms with Crippen LogP contribution < -0.4 is 4.74 Å². The summed E-state index contributed by atoms with van der Waals surface area (Å²) in [5.41, 5.74) is 2.02. The number of cyclic esters (lactones) is 1. The molecule has 2 aliphatic rings. The summed E-state index contributed by atoms with van der Waals surface area (Å²) in [6.45, 7) is -0.00966. The van der Waals surface area contributed by atoms with E-state index in [1.165, 1.54) is 11.8 Å². The summed E-state index contributed by atoms with van der Waals surface area (Å²) in [5, 5.41) is 8.52. The molecule has 0 aromatic heterocycles. The number of aliphatic carboxylic acids is 1. The number of thioether (sulfide) groups is 1. The fraction of sp³-hybridized carbons (Fsp3) is 0.304. The van der Waals surface area contributed by atoms with Gasteiger partial charge in [0.15, 0.2) is 0 Å². The van der Waals surface area contributed by atoms with E-state index in [-0.39, 0.29) is 18.0 Å². The first kappa shape index (κ1) is 23.1. The number of amides is 2. The molecular formula is C23H22N2O6S2. The van der Waals surface area contributed by atoms with Gasteiger partial charge in [0.1, 0.15) is 29.0 Å². The lowest BCUT2D eigenvalue weighted by Crippen LogP contribution is -2.36. The van der Waals surface area contributed by atoms with Crippen molar-refractivity contribution in [3.8, 4) is 11.5 Å². The van der Waals surface area contributed by atoms with E-state index in [4.69, 9.17) is 26.8 Å². The molecule has 2 aromatic carbocycles. The number of thiocarbonyl (C=S) groups is 1. The van der Waals surface area contributed by atoms with Crippen molar-refractivity contribution in [3.63, 3.8) is 0 Å². The Bertz CT molecular complexity index is 1070. The fourth-order valence-corrected chi connectivity index (χ4v) is 5.17. The summed E-state index contributed by atoms with van der Waals surface area (Å²) >= 11 is 6.37. The van der Waals surface area contributed by atoms with Crippen molar-refractivity contribution < 1.29 is 29.0 Å². The van der Waals surface area contributed by atoms with Gasteiger partial charge in [-0.3, -0.25) is 14.5 Å². The van der Waals surface area contributed by atoms with Crippen molar-refractivity contribution in [2.24, 2.45) is 0 Å². The van der Waals surface area contributed by atoms with Gasteiger partial charge in [-0.2, -0.15) is 0 Å². The molecule has 0 bridgehead atoms. The second kappa shape index (κ2) is 9.80. The molecule has 4 rings (SSSR count). The van der Waals surface area contributed by atoms with Crippen LogP contribution in [0.3, 0.4) is 0 Å². The molecule has 0 spiro atoms. The number of benzene rings is 2. The molecule has 2 aliphatic heterocycles. The van der Waals surface area contributed by atoms with Gasteiger partial charge < -0.3 is 19.5 Å². The standard InChI is InChI=1S/C23H22N2O6S2/c1-24-16(13-30-22(24)29)10-14-2-6-17(7-3-14)31-18-8-4-15(5-9-18)11-19-21(28)25(12-20(26)27)23(32)33-19/h2-9,16,19H,10-13H2,1H3,(H,26,27). The first-order valence-corrected chi connectivity index (χ1v) is 11.6. The van der Waals surface area contributed by atoms with Crippen molar-refractivity contribution in [2.75, 3.05) is 20.2 Å². The normalized spacial score (nSPS) is 20.3. The van der Waals surface area contributed by atoms with Crippen molar-refractivity contribution >= 4 is 46.3 Å². The van der Waals surface area contributed by atoms with Crippen LogP contribution in [0.15, 0.2) is 48.5 Å². The number of carboxylic acid groups (broad SMARTS) is 1. The topological polar surface area (TPSA) is 96.4 Å². The van der Waals surface area contributed by atoms with E-state index in [9.17, 15) is 14.4 Å². The summed E-state index contributed by atoms with van der Waals surface area (Å²) < 4.78 is 11.3. The number of carboxylic acids is 1. The Kier molecular flexibility index (Phi) is 6.85. The predicted octanol–water partition coefficient (Wildman–Crippen LogP) is 3.33. The zero-order chi connectivity index (χ0) is 23.5. The highest BCUT2D eigenvalue weighted by Crippen LogP contribution is 2.30. The summed E-state index contributed by atoms with van der Waals surface area (Å²) in [6, 6.07) is 15.2. The van der Waals surface area contributed by atoms with Gasteiger partial charge in [0.05, 0.1) is 11.3 Å². The Balaban J connectivity index is 1.31. The van der Waals surface area contributed by atoms with Crippen molar-refractivity contribution in [1.29, 1.82) is 0 Å². The highest BCUT2D eigenvalue weighted by Gasteiger charge is 2.37.